The lowest BCUT2D eigenvalue weighted by Gasteiger charge is -2.23. The van der Waals surface area contributed by atoms with Crippen molar-refractivity contribution in [1.29, 1.82) is 0 Å². The molecule has 8 nitrogen and oxygen atoms in total. The van der Waals surface area contributed by atoms with Gasteiger partial charge in [-0.2, -0.15) is 0 Å². The van der Waals surface area contributed by atoms with Crippen LogP contribution in [0.5, 0.6) is 0 Å². The lowest BCUT2D eigenvalue weighted by molar-refractivity contribution is 0.0719. The molecule has 2 aliphatic heterocycles. The Morgan fingerprint density at radius 1 is 1.29 bits per heavy atom. The highest BCUT2D eigenvalue weighted by Gasteiger charge is 2.43. The Bertz CT molecular complexity index is 1060. The van der Waals surface area contributed by atoms with Crippen molar-refractivity contribution in [3.8, 4) is 11.4 Å². The molecule has 0 atom stereocenters. The number of carbonyl (C=O) groups is 1. The molecule has 1 amide bonds. The topological polar surface area (TPSA) is 94.0 Å². The number of hydrogen-bond acceptors (Lipinski definition) is 4. The van der Waals surface area contributed by atoms with Gasteiger partial charge >= 0.3 is 0 Å². The molecule has 3 heterocycles. The molecule has 0 spiro atoms. The second-order valence-corrected chi connectivity index (χ2v) is 8.09. The summed E-state index contributed by atoms with van der Waals surface area (Å²) in [5.41, 5.74) is 8.79. The van der Waals surface area contributed by atoms with E-state index in [0.717, 1.165) is 42.4 Å². The molecule has 0 bridgehead atoms. The molecule has 4 aliphatic rings. The van der Waals surface area contributed by atoms with Crippen LogP contribution in [0.4, 0.5) is 5.82 Å². The molecule has 28 heavy (non-hydrogen) atoms. The van der Waals surface area contributed by atoms with Crippen LogP contribution in [0.2, 0.25) is 0 Å². The van der Waals surface area contributed by atoms with E-state index < -0.39 is 0 Å². The molecule has 1 aromatic rings. The van der Waals surface area contributed by atoms with Crippen LogP contribution in [0.15, 0.2) is 12.4 Å². The summed E-state index contributed by atoms with van der Waals surface area (Å²) in [5.74, 6) is 0.806. The van der Waals surface area contributed by atoms with Crippen molar-refractivity contribution in [2.24, 2.45) is 12.8 Å². The van der Waals surface area contributed by atoms with Crippen molar-refractivity contribution in [3.63, 3.8) is 0 Å². The number of nitrogens with one attached hydrogen (secondary N) is 1. The van der Waals surface area contributed by atoms with Gasteiger partial charge in [-0.3, -0.25) is 4.79 Å². The molecule has 0 radical (unpaired) electrons. The van der Waals surface area contributed by atoms with Crippen molar-refractivity contribution in [2.75, 3.05) is 5.32 Å². The van der Waals surface area contributed by atoms with Crippen LogP contribution in [0.25, 0.3) is 22.4 Å². The van der Waals surface area contributed by atoms with Gasteiger partial charge in [0.25, 0.3) is 5.91 Å². The van der Waals surface area contributed by atoms with Gasteiger partial charge in [-0.15, -0.1) is 0 Å². The Balaban J connectivity index is 1.72. The molecular weight excluding hydrogens is 374 g/mol. The number of carbonyl (C=O) groups excluding carboxylic acids is 1. The number of hydrogen-bond donors (Lipinski definition) is 2. The van der Waals surface area contributed by atoms with Crippen LogP contribution in [0, 0.1) is 0 Å². The third-order valence-electron chi connectivity index (χ3n) is 5.69. The minimum absolute atomic E-state index is 0.125. The summed E-state index contributed by atoms with van der Waals surface area (Å²) in [7, 11) is 1.93. The number of thiocarbonyl (C=S) groups is 1. The van der Waals surface area contributed by atoms with E-state index in [1.165, 1.54) is 6.33 Å². The van der Waals surface area contributed by atoms with Crippen LogP contribution in [-0.2, 0) is 13.6 Å². The fourth-order valence-corrected chi connectivity index (χ4v) is 4.30. The number of fused-ring (bicyclic) bond motifs is 3. The molecule has 0 unspecified atom stereocenters. The molecule has 3 N–H and O–H groups in total. The Morgan fingerprint density at radius 3 is 2.50 bits per heavy atom. The summed E-state index contributed by atoms with van der Waals surface area (Å²) in [6.07, 6.45) is 5.98. The van der Waals surface area contributed by atoms with E-state index in [0.29, 0.717) is 35.8 Å². The quantitative estimate of drug-likeness (QED) is 0.642. The number of amides is 1. The van der Waals surface area contributed by atoms with Crippen molar-refractivity contribution in [2.45, 2.75) is 51.2 Å². The molecule has 146 valence electrons. The minimum Gasteiger partial charge on any atom is -0.376 e. The molecule has 1 aromatic heterocycles. The van der Waals surface area contributed by atoms with E-state index in [9.17, 15) is 4.79 Å². The summed E-state index contributed by atoms with van der Waals surface area (Å²) in [6, 6.07) is 2.78. The highest BCUT2D eigenvalue weighted by molar-refractivity contribution is 7.80. The minimum atomic E-state index is 0.125. The van der Waals surface area contributed by atoms with E-state index in [1.54, 1.807) is 0 Å². The van der Waals surface area contributed by atoms with Crippen LogP contribution in [0.1, 0.15) is 43.1 Å². The Morgan fingerprint density at radius 2 is 1.93 bits per heavy atom. The lowest BCUT2D eigenvalue weighted by Crippen LogP contribution is -2.36. The summed E-state index contributed by atoms with van der Waals surface area (Å²) in [4.78, 5) is 24.5. The Hall–Kier alpha value is -2.68. The van der Waals surface area contributed by atoms with Crippen molar-refractivity contribution < 1.29 is 4.79 Å². The Labute approximate surface area is 168 Å². The zero-order chi connectivity index (χ0) is 19.6. The highest BCUT2D eigenvalue weighted by Crippen LogP contribution is 2.40. The first-order valence-electron chi connectivity index (χ1n) is 9.73. The van der Waals surface area contributed by atoms with Gasteiger partial charge in [-0.1, -0.05) is 0 Å². The second-order valence-electron chi connectivity index (χ2n) is 7.65. The first-order chi connectivity index (χ1) is 13.5. The van der Waals surface area contributed by atoms with Crippen LogP contribution in [-0.4, -0.2) is 47.1 Å². The first-order valence-corrected chi connectivity index (χ1v) is 10.1. The standard InChI is InChI=1S/C19H23N7OS/c1-3-25-13(18(27)26(10-4-5-10)11-6-7-11)8-12-14-15(22-9-21-14)16(23-19(20)28)24(2)17(12)25/h8-11H,3-7H2,1-2H3,(H3,20,23,28). The van der Waals surface area contributed by atoms with Crippen LogP contribution < -0.4 is 11.1 Å². The van der Waals surface area contributed by atoms with Crippen molar-refractivity contribution in [3.05, 3.63) is 18.1 Å². The lowest BCUT2D eigenvalue weighted by atomic mass is 10.2. The molecule has 2 fully saturated rings. The highest BCUT2D eigenvalue weighted by atomic mass is 32.1. The number of nitrogens with zero attached hydrogens (tertiary/aromatic N) is 5. The van der Waals surface area contributed by atoms with Crippen LogP contribution >= 0.6 is 12.2 Å². The van der Waals surface area contributed by atoms with Gasteiger partial charge in [0.2, 0.25) is 0 Å². The van der Waals surface area contributed by atoms with Gasteiger partial charge in [0.1, 0.15) is 34.9 Å². The van der Waals surface area contributed by atoms with Crippen LogP contribution in [0.3, 0.4) is 0 Å². The number of pyridine rings is 1. The number of imidazole rings is 1. The summed E-state index contributed by atoms with van der Waals surface area (Å²) < 4.78 is 4.03. The van der Waals surface area contributed by atoms with Crippen molar-refractivity contribution in [1.82, 2.24) is 24.0 Å². The smallest absolute Gasteiger partial charge is 0.271 e. The van der Waals surface area contributed by atoms with E-state index in [4.69, 9.17) is 18.0 Å². The summed E-state index contributed by atoms with van der Waals surface area (Å²) in [6.45, 7) is 2.73. The maximum Gasteiger partial charge on any atom is 0.271 e. The number of anilines is 1. The molecular formula is C19H23N7OS. The predicted molar refractivity (Wildman–Crippen MR) is 111 cm³/mol. The van der Waals surface area contributed by atoms with Gasteiger partial charge in [-0.25, -0.2) is 9.97 Å². The third kappa shape index (κ3) is 2.56. The number of aromatic nitrogens is 4. The molecule has 0 saturated heterocycles. The summed E-state index contributed by atoms with van der Waals surface area (Å²) >= 11 is 5.05. The maximum atomic E-state index is 13.5. The van der Waals surface area contributed by atoms with E-state index in [1.807, 2.05) is 17.7 Å². The molecule has 5 rings (SSSR count). The molecule has 9 heteroatoms. The maximum absolute atomic E-state index is 13.5. The van der Waals surface area contributed by atoms with Gasteiger partial charge in [-0.05, 0) is 50.9 Å². The fourth-order valence-electron chi connectivity index (χ4n) is 4.20. The SMILES string of the molecule is CCn1c(C(=O)N(C2CC2)C2CC2)cc2c3ncnc-3c(NC(N)=S)n(C)c21. The average molecular weight is 398 g/mol. The van der Waals surface area contributed by atoms with Gasteiger partial charge < -0.3 is 25.1 Å². The molecule has 0 aromatic carbocycles. The first kappa shape index (κ1) is 17.4. The number of rotatable bonds is 5. The molecule has 2 saturated carbocycles. The fraction of sp³-hybridized carbons (Fsp3) is 0.474. The zero-order valence-electron chi connectivity index (χ0n) is 16.0. The average Bonchev–Trinajstić information content (AvgIpc) is 3.58. The summed E-state index contributed by atoms with van der Waals surface area (Å²) in [5, 5.41) is 4.11. The number of nitrogens with two attached hydrogens (primary N) is 1. The second kappa shape index (κ2) is 6.16. The van der Waals surface area contributed by atoms with Gasteiger partial charge in [0, 0.05) is 31.1 Å². The number of aryl methyl sites for hydroxylation is 2. The van der Waals surface area contributed by atoms with E-state index >= 15 is 0 Å². The largest absolute Gasteiger partial charge is 0.376 e. The predicted octanol–water partition coefficient (Wildman–Crippen LogP) is 2.32. The van der Waals surface area contributed by atoms with Crippen molar-refractivity contribution >= 4 is 40.1 Å². The van der Waals surface area contributed by atoms with E-state index in [2.05, 4.69) is 31.7 Å². The van der Waals surface area contributed by atoms with Gasteiger partial charge in [0.15, 0.2) is 5.11 Å². The third-order valence-corrected chi connectivity index (χ3v) is 5.79. The normalized spacial score (nSPS) is 16.6. The zero-order valence-corrected chi connectivity index (χ0v) is 16.8. The Kier molecular flexibility index (Phi) is 3.84. The van der Waals surface area contributed by atoms with E-state index in [-0.39, 0.29) is 11.0 Å². The molecule has 2 aliphatic carbocycles. The van der Waals surface area contributed by atoms with Gasteiger partial charge in [0.05, 0.1) is 0 Å². The monoisotopic (exact) mass is 397 g/mol.